The number of carbonyl (C=O) groups is 1. The molecule has 1 aliphatic carbocycles. The number of nitrogens with one attached hydrogen (secondary N) is 1. The Morgan fingerprint density at radius 2 is 2.04 bits per heavy atom. The van der Waals surface area contributed by atoms with Gasteiger partial charge in [0.15, 0.2) is 15.5 Å². The molecule has 138 valence electrons. The summed E-state index contributed by atoms with van der Waals surface area (Å²) in [4.78, 5) is 12.7. The number of aryl methyl sites for hydroxylation is 1. The predicted molar refractivity (Wildman–Crippen MR) is 101 cm³/mol. The summed E-state index contributed by atoms with van der Waals surface area (Å²) in [7, 11) is -3.01. The summed E-state index contributed by atoms with van der Waals surface area (Å²) < 4.78 is 25.4. The van der Waals surface area contributed by atoms with Crippen LogP contribution in [-0.2, 0) is 9.84 Å². The van der Waals surface area contributed by atoms with E-state index < -0.39 is 9.84 Å². The van der Waals surface area contributed by atoms with Crippen LogP contribution in [0.15, 0.2) is 24.3 Å². The molecule has 0 bridgehead atoms. The van der Waals surface area contributed by atoms with Crippen molar-refractivity contribution < 1.29 is 13.2 Å². The van der Waals surface area contributed by atoms with Crippen LogP contribution in [0.4, 0.5) is 5.69 Å². The van der Waals surface area contributed by atoms with Crippen molar-refractivity contribution in [2.24, 2.45) is 0 Å². The van der Waals surface area contributed by atoms with Crippen LogP contribution >= 0.6 is 11.6 Å². The van der Waals surface area contributed by atoms with E-state index in [1.165, 1.54) is 0 Å². The number of hydrogen-bond acceptors (Lipinski definition) is 4. The molecule has 1 aliphatic heterocycles. The second-order valence-electron chi connectivity index (χ2n) is 7.14. The summed E-state index contributed by atoms with van der Waals surface area (Å²) in [5.41, 5.74) is 2.84. The van der Waals surface area contributed by atoms with Gasteiger partial charge in [-0.05, 0) is 49.9 Å². The fourth-order valence-corrected chi connectivity index (χ4v) is 5.24. The molecule has 1 N–H and O–H groups in total. The number of nitrogens with zero attached hydrogens (tertiary/aromatic N) is 2. The zero-order valence-corrected chi connectivity index (χ0v) is 16.0. The van der Waals surface area contributed by atoms with Gasteiger partial charge in [0.25, 0.3) is 5.91 Å². The molecule has 1 amide bonds. The summed E-state index contributed by atoms with van der Waals surface area (Å²) in [6.45, 7) is 1.89. The SMILES string of the molecule is Cc1ccc(Cl)cc1NC(=O)c1cc(C2CC2)n(C2CCS(=O)(=O)C2)n1. The maximum atomic E-state index is 12.7. The third-order valence-electron chi connectivity index (χ3n) is 4.99. The number of rotatable bonds is 4. The van der Waals surface area contributed by atoms with Crippen LogP contribution in [0.25, 0.3) is 0 Å². The highest BCUT2D eigenvalue weighted by Gasteiger charge is 2.36. The van der Waals surface area contributed by atoms with Gasteiger partial charge in [0.05, 0.1) is 17.5 Å². The van der Waals surface area contributed by atoms with Crippen LogP contribution in [0, 0.1) is 6.92 Å². The summed E-state index contributed by atoms with van der Waals surface area (Å²) in [5, 5.41) is 7.88. The van der Waals surface area contributed by atoms with E-state index in [2.05, 4.69) is 10.4 Å². The van der Waals surface area contributed by atoms with E-state index in [0.29, 0.717) is 28.7 Å². The number of hydrogen-bond donors (Lipinski definition) is 1. The normalized spacial score (nSPS) is 21.7. The van der Waals surface area contributed by atoms with E-state index >= 15 is 0 Å². The van der Waals surface area contributed by atoms with Crippen LogP contribution in [-0.4, -0.2) is 35.6 Å². The van der Waals surface area contributed by atoms with Crippen LogP contribution in [0.1, 0.15) is 53.0 Å². The maximum Gasteiger partial charge on any atom is 0.276 e. The molecular formula is C18H20ClN3O3S. The van der Waals surface area contributed by atoms with Gasteiger partial charge >= 0.3 is 0 Å². The first-order chi connectivity index (χ1) is 12.3. The van der Waals surface area contributed by atoms with Crippen molar-refractivity contribution in [3.8, 4) is 0 Å². The van der Waals surface area contributed by atoms with E-state index in [1.54, 1.807) is 22.9 Å². The van der Waals surface area contributed by atoms with Gasteiger partial charge in [0.1, 0.15) is 0 Å². The van der Waals surface area contributed by atoms with Crippen molar-refractivity contribution in [3.05, 3.63) is 46.2 Å². The van der Waals surface area contributed by atoms with E-state index in [4.69, 9.17) is 11.6 Å². The van der Waals surface area contributed by atoms with Gasteiger partial charge in [-0.2, -0.15) is 5.10 Å². The number of amides is 1. The Kier molecular flexibility index (Phi) is 4.31. The molecule has 4 rings (SSSR count). The Bertz CT molecular complexity index is 980. The van der Waals surface area contributed by atoms with Gasteiger partial charge in [0, 0.05) is 22.3 Å². The second kappa shape index (κ2) is 6.39. The standard InChI is InChI=1S/C18H20ClN3O3S/c1-11-2-5-13(19)8-15(11)20-18(23)16-9-17(12-3-4-12)22(21-16)14-6-7-26(24,25)10-14/h2,5,8-9,12,14H,3-4,6-7,10H2,1H3,(H,20,23). The lowest BCUT2D eigenvalue weighted by atomic mass is 10.2. The van der Waals surface area contributed by atoms with Crippen LogP contribution in [0.5, 0.6) is 0 Å². The Labute approximate surface area is 157 Å². The van der Waals surface area contributed by atoms with Crippen LogP contribution in [0.3, 0.4) is 0 Å². The van der Waals surface area contributed by atoms with E-state index in [1.807, 2.05) is 13.0 Å². The smallest absolute Gasteiger partial charge is 0.276 e. The largest absolute Gasteiger partial charge is 0.320 e. The number of aromatic nitrogens is 2. The minimum Gasteiger partial charge on any atom is -0.320 e. The molecule has 1 atom stereocenters. The Morgan fingerprint density at radius 3 is 2.69 bits per heavy atom. The number of halogens is 1. The Balaban J connectivity index is 1.62. The van der Waals surface area contributed by atoms with Gasteiger partial charge in [-0.15, -0.1) is 0 Å². The molecule has 1 unspecified atom stereocenters. The van der Waals surface area contributed by atoms with Gasteiger partial charge in [0.2, 0.25) is 0 Å². The minimum absolute atomic E-state index is 0.100. The van der Waals surface area contributed by atoms with Gasteiger partial charge < -0.3 is 5.32 Å². The molecule has 2 aromatic rings. The number of benzene rings is 1. The second-order valence-corrected chi connectivity index (χ2v) is 9.81. The first kappa shape index (κ1) is 17.5. The molecule has 26 heavy (non-hydrogen) atoms. The number of anilines is 1. The summed E-state index contributed by atoms with van der Waals surface area (Å²) in [6, 6.07) is 6.95. The zero-order chi connectivity index (χ0) is 18.5. The molecule has 8 heteroatoms. The van der Waals surface area contributed by atoms with Gasteiger partial charge in [-0.25, -0.2) is 8.42 Å². The zero-order valence-electron chi connectivity index (χ0n) is 14.4. The van der Waals surface area contributed by atoms with Crippen molar-refractivity contribution in [2.45, 2.75) is 38.1 Å². The van der Waals surface area contributed by atoms with E-state index in [0.717, 1.165) is 24.1 Å². The van der Waals surface area contributed by atoms with Crippen LogP contribution < -0.4 is 5.32 Å². The van der Waals surface area contributed by atoms with Crippen molar-refractivity contribution in [2.75, 3.05) is 16.8 Å². The molecule has 6 nitrogen and oxygen atoms in total. The summed E-state index contributed by atoms with van der Waals surface area (Å²) >= 11 is 6.01. The molecule has 2 aliphatic rings. The molecule has 2 heterocycles. The molecule has 0 spiro atoms. The van der Waals surface area contributed by atoms with E-state index in [-0.39, 0.29) is 23.5 Å². The monoisotopic (exact) mass is 393 g/mol. The highest BCUT2D eigenvalue weighted by atomic mass is 35.5. The molecule has 1 saturated heterocycles. The first-order valence-corrected chi connectivity index (χ1v) is 10.9. The predicted octanol–water partition coefficient (Wildman–Crippen LogP) is 3.33. The number of carbonyl (C=O) groups excluding carboxylic acids is 1. The lowest BCUT2D eigenvalue weighted by molar-refractivity contribution is 0.102. The van der Waals surface area contributed by atoms with Crippen molar-refractivity contribution >= 4 is 33.0 Å². The third-order valence-corrected chi connectivity index (χ3v) is 6.98. The van der Waals surface area contributed by atoms with Gasteiger partial charge in [-0.1, -0.05) is 17.7 Å². The summed E-state index contributed by atoms with van der Waals surface area (Å²) in [6.07, 6.45) is 2.66. The third kappa shape index (κ3) is 3.50. The average Bonchev–Trinajstić information content (AvgIpc) is 3.22. The molecular weight excluding hydrogens is 374 g/mol. The fraction of sp³-hybridized carbons (Fsp3) is 0.444. The molecule has 1 saturated carbocycles. The Morgan fingerprint density at radius 1 is 1.27 bits per heavy atom. The maximum absolute atomic E-state index is 12.7. The quantitative estimate of drug-likeness (QED) is 0.863. The highest BCUT2D eigenvalue weighted by Crippen LogP contribution is 2.42. The van der Waals surface area contributed by atoms with Crippen molar-refractivity contribution in [1.29, 1.82) is 0 Å². The van der Waals surface area contributed by atoms with Crippen molar-refractivity contribution in [1.82, 2.24) is 9.78 Å². The fourth-order valence-electron chi connectivity index (χ4n) is 3.38. The molecule has 2 fully saturated rings. The van der Waals surface area contributed by atoms with Crippen LogP contribution in [0.2, 0.25) is 5.02 Å². The summed E-state index contributed by atoms with van der Waals surface area (Å²) in [5.74, 6) is 0.352. The Hall–Kier alpha value is -1.86. The van der Waals surface area contributed by atoms with E-state index in [9.17, 15) is 13.2 Å². The topological polar surface area (TPSA) is 81.1 Å². The van der Waals surface area contributed by atoms with Crippen molar-refractivity contribution in [3.63, 3.8) is 0 Å². The average molecular weight is 394 g/mol. The molecule has 1 aromatic heterocycles. The molecule has 1 aromatic carbocycles. The van der Waals surface area contributed by atoms with Gasteiger partial charge in [-0.3, -0.25) is 9.48 Å². The highest BCUT2D eigenvalue weighted by molar-refractivity contribution is 7.91. The number of sulfone groups is 1. The minimum atomic E-state index is -3.01. The first-order valence-electron chi connectivity index (χ1n) is 8.70. The lowest BCUT2D eigenvalue weighted by Gasteiger charge is -2.12. The lowest BCUT2D eigenvalue weighted by Crippen LogP contribution is -2.17. The molecule has 0 radical (unpaired) electrons.